The quantitative estimate of drug-likeness (QED) is 0.443. The third-order valence-corrected chi connectivity index (χ3v) is 7.67. The molecule has 0 spiro atoms. The molecule has 2 aromatic carbocycles. The van der Waals surface area contributed by atoms with E-state index in [-0.39, 0.29) is 21.0 Å². The summed E-state index contributed by atoms with van der Waals surface area (Å²) in [7, 11) is -3.57. The molecule has 2 aromatic rings. The number of sulfone groups is 1. The van der Waals surface area contributed by atoms with Crippen LogP contribution in [0.15, 0.2) is 58.1 Å². The lowest BCUT2D eigenvalue weighted by molar-refractivity contribution is -0.114. The Hall–Kier alpha value is -3.44. The number of hydrogen-bond donors (Lipinski definition) is 1. The van der Waals surface area contributed by atoms with Crippen molar-refractivity contribution in [2.24, 2.45) is 10.1 Å². The van der Waals surface area contributed by atoms with E-state index in [2.05, 4.69) is 16.2 Å². The first-order valence-electron chi connectivity index (χ1n) is 10.7. The summed E-state index contributed by atoms with van der Waals surface area (Å²) in [6.07, 6.45) is 3.25. The number of carbonyl (C=O) groups is 1. The van der Waals surface area contributed by atoms with Gasteiger partial charge in [-0.2, -0.15) is 10.0 Å². The van der Waals surface area contributed by atoms with Crippen molar-refractivity contribution < 1.29 is 22.7 Å². The highest BCUT2D eigenvalue weighted by atomic mass is 32.3. The first kappa shape index (κ1) is 24.7. The van der Waals surface area contributed by atoms with Crippen LogP contribution < -0.4 is 9.47 Å². The van der Waals surface area contributed by atoms with Gasteiger partial charge in [-0.15, -0.1) is 5.10 Å². The smallest absolute Gasteiger partial charge is 0.283 e. The monoisotopic (exact) mass is 512 g/mol. The maximum atomic E-state index is 12.4. The normalized spacial score (nSPS) is 16.8. The maximum absolute atomic E-state index is 12.4. The van der Waals surface area contributed by atoms with Crippen LogP contribution in [0.2, 0.25) is 0 Å². The number of nitrogens with one attached hydrogen (secondary N) is 1. The molecule has 4 rings (SSSR count). The summed E-state index contributed by atoms with van der Waals surface area (Å²) in [5.41, 5.74) is 2.99. The first-order chi connectivity index (χ1) is 16.6. The van der Waals surface area contributed by atoms with E-state index in [1.165, 1.54) is 11.6 Å². The summed E-state index contributed by atoms with van der Waals surface area (Å²) >= 11 is 0.754. The highest BCUT2D eigenvalue weighted by molar-refractivity contribution is 8.42. The predicted molar refractivity (Wildman–Crippen MR) is 138 cm³/mol. The molecule has 9 nitrogen and oxygen atoms in total. The number of aryl methyl sites for hydroxylation is 2. The Morgan fingerprint density at radius 3 is 2.49 bits per heavy atom. The maximum Gasteiger partial charge on any atom is 0.283 e. The summed E-state index contributed by atoms with van der Waals surface area (Å²) in [5.74, 6) is 0.693. The molecule has 0 aliphatic carbocycles. The second-order valence-corrected chi connectivity index (χ2v) is 11.2. The van der Waals surface area contributed by atoms with E-state index in [0.717, 1.165) is 40.8 Å². The van der Waals surface area contributed by atoms with Gasteiger partial charge in [-0.25, -0.2) is 8.42 Å². The van der Waals surface area contributed by atoms with Crippen LogP contribution in [0.3, 0.4) is 0 Å². The van der Waals surface area contributed by atoms with Crippen molar-refractivity contribution in [2.75, 3.05) is 19.5 Å². The van der Waals surface area contributed by atoms with Crippen LogP contribution >= 0.6 is 11.8 Å². The van der Waals surface area contributed by atoms with Crippen molar-refractivity contribution in [3.63, 3.8) is 0 Å². The van der Waals surface area contributed by atoms with Crippen LogP contribution in [0.25, 0.3) is 6.08 Å². The number of ether oxygens (including phenoxy) is 2. The lowest BCUT2D eigenvalue weighted by Crippen LogP contribution is -2.35. The van der Waals surface area contributed by atoms with E-state index in [1.54, 1.807) is 24.3 Å². The number of hydrogen-bond acceptors (Lipinski definition) is 8. The minimum atomic E-state index is -3.57. The summed E-state index contributed by atoms with van der Waals surface area (Å²) in [6.45, 7) is 5.09. The molecule has 0 saturated heterocycles. The Balaban J connectivity index is 1.33. The zero-order valence-corrected chi connectivity index (χ0v) is 21.1. The van der Waals surface area contributed by atoms with Gasteiger partial charge in [0.1, 0.15) is 11.5 Å². The van der Waals surface area contributed by atoms with Gasteiger partial charge in [0.15, 0.2) is 5.84 Å². The van der Waals surface area contributed by atoms with Crippen molar-refractivity contribution >= 4 is 49.0 Å². The summed E-state index contributed by atoms with van der Waals surface area (Å²) in [6, 6.07) is 13.1. The van der Waals surface area contributed by atoms with Crippen LogP contribution in [0, 0.1) is 19.3 Å². The number of carbonyl (C=O) groups excluding carboxylic acids is 1. The van der Waals surface area contributed by atoms with Crippen molar-refractivity contribution in [1.29, 1.82) is 5.41 Å². The van der Waals surface area contributed by atoms with E-state index < -0.39 is 15.7 Å². The van der Waals surface area contributed by atoms with Crippen molar-refractivity contribution in [3.05, 3.63) is 64.7 Å². The second-order valence-electron chi connectivity index (χ2n) is 8.05. The molecular formula is C24H24N4O5S2. The summed E-state index contributed by atoms with van der Waals surface area (Å²) < 4.78 is 34.9. The van der Waals surface area contributed by atoms with Crippen molar-refractivity contribution in [1.82, 2.24) is 5.01 Å². The average molecular weight is 513 g/mol. The zero-order valence-electron chi connectivity index (χ0n) is 19.4. The van der Waals surface area contributed by atoms with E-state index in [0.29, 0.717) is 24.5 Å². The van der Waals surface area contributed by atoms with E-state index in [9.17, 15) is 13.2 Å². The molecule has 1 N–H and O–H groups in total. The fourth-order valence-electron chi connectivity index (χ4n) is 3.34. The molecule has 0 atom stereocenters. The Kier molecular flexibility index (Phi) is 7.08. The van der Waals surface area contributed by atoms with Gasteiger partial charge in [-0.05, 0) is 61.0 Å². The van der Waals surface area contributed by atoms with Crippen LogP contribution in [0.1, 0.15) is 23.1 Å². The minimum absolute atomic E-state index is 0.0186. The fourth-order valence-corrected chi connectivity index (χ4v) is 5.03. The third-order valence-electron chi connectivity index (χ3n) is 5.09. The molecule has 1 amide bonds. The molecule has 0 unspecified atom stereocenters. The fraction of sp³-hybridized carbons (Fsp3) is 0.250. The van der Waals surface area contributed by atoms with E-state index in [1.807, 2.05) is 26.0 Å². The number of aliphatic imine (C=N–C) groups is 1. The Bertz CT molecular complexity index is 1380. The van der Waals surface area contributed by atoms with Gasteiger partial charge in [0.25, 0.3) is 5.91 Å². The number of amidine groups is 2. The van der Waals surface area contributed by atoms with Gasteiger partial charge >= 0.3 is 0 Å². The van der Waals surface area contributed by atoms with E-state index >= 15 is 0 Å². The van der Waals surface area contributed by atoms with Crippen LogP contribution in [-0.2, 0) is 14.6 Å². The Morgan fingerprint density at radius 1 is 1.09 bits per heavy atom. The van der Waals surface area contributed by atoms with Crippen molar-refractivity contribution in [3.8, 4) is 11.5 Å². The molecule has 11 heteroatoms. The first-order valence-corrected chi connectivity index (χ1v) is 13.5. The highest BCUT2D eigenvalue weighted by Crippen LogP contribution is 2.30. The predicted octanol–water partition coefficient (Wildman–Crippen LogP) is 3.77. The molecule has 2 aliphatic rings. The molecule has 2 heterocycles. The van der Waals surface area contributed by atoms with Crippen LogP contribution in [0.4, 0.5) is 0 Å². The molecule has 0 saturated carbocycles. The number of thioether (sulfide) groups is 1. The Morgan fingerprint density at radius 2 is 1.80 bits per heavy atom. The van der Waals surface area contributed by atoms with Gasteiger partial charge in [-0.3, -0.25) is 10.2 Å². The molecule has 0 bridgehead atoms. The number of benzene rings is 2. The SMILES string of the molecule is Cc1ccc(OCCCOc2ccc(/C=C3\C(=N)N4N=C(S(C)(=O)=O)SC4=NC3=O)cc2)c(C)c1. The van der Waals surface area contributed by atoms with Gasteiger partial charge in [0.2, 0.25) is 19.4 Å². The van der Waals surface area contributed by atoms with E-state index in [4.69, 9.17) is 14.9 Å². The highest BCUT2D eigenvalue weighted by Gasteiger charge is 2.38. The number of hydrazone groups is 1. The second kappa shape index (κ2) is 10.0. The molecule has 2 aliphatic heterocycles. The topological polar surface area (TPSA) is 121 Å². The molecule has 0 radical (unpaired) electrons. The number of rotatable bonds is 7. The Labute approximate surface area is 208 Å². The molecule has 182 valence electrons. The van der Waals surface area contributed by atoms with Crippen LogP contribution in [-0.4, -0.2) is 54.2 Å². The summed E-state index contributed by atoms with van der Waals surface area (Å²) in [5, 5.41) is 13.4. The van der Waals surface area contributed by atoms with Gasteiger partial charge in [0, 0.05) is 12.7 Å². The summed E-state index contributed by atoms with van der Waals surface area (Å²) in [4.78, 5) is 16.3. The molecule has 0 aromatic heterocycles. The van der Waals surface area contributed by atoms with Crippen molar-refractivity contribution in [2.45, 2.75) is 20.3 Å². The number of fused-ring (bicyclic) bond motifs is 1. The lowest BCUT2D eigenvalue weighted by atomic mass is 10.1. The zero-order chi connectivity index (χ0) is 25.2. The van der Waals surface area contributed by atoms with Gasteiger partial charge in [0.05, 0.1) is 18.8 Å². The number of nitrogens with zero attached hydrogens (tertiary/aromatic N) is 3. The minimum Gasteiger partial charge on any atom is -0.493 e. The lowest BCUT2D eigenvalue weighted by Gasteiger charge is -2.20. The van der Waals surface area contributed by atoms with Gasteiger partial charge < -0.3 is 9.47 Å². The average Bonchev–Trinajstić information content (AvgIpc) is 3.23. The molecule has 0 fully saturated rings. The number of amides is 1. The van der Waals surface area contributed by atoms with Gasteiger partial charge in [-0.1, -0.05) is 29.8 Å². The molecular weight excluding hydrogens is 488 g/mol. The third kappa shape index (κ3) is 5.80. The van der Waals surface area contributed by atoms with Crippen LogP contribution in [0.5, 0.6) is 11.5 Å². The standard InChI is InChI=1S/C24H24N4O5S2/c1-15-5-10-20(16(2)13-15)33-12-4-11-32-18-8-6-17(7-9-18)14-19-21(25)28-23(26-22(19)29)34-24(27-28)35(3,30)31/h5-10,13-14,25H,4,11-12H2,1-3H3/b19-14+,25-21?. The molecule has 35 heavy (non-hydrogen) atoms. The largest absolute Gasteiger partial charge is 0.493 e.